The van der Waals surface area contributed by atoms with Crippen LogP contribution < -0.4 is 0 Å². The van der Waals surface area contributed by atoms with Gasteiger partial charge in [0.1, 0.15) is 9.96 Å². The van der Waals surface area contributed by atoms with Crippen molar-refractivity contribution in [3.8, 4) is 5.75 Å². The van der Waals surface area contributed by atoms with Crippen LogP contribution >= 0.6 is 38.9 Å². The Labute approximate surface area is 162 Å². The highest BCUT2D eigenvalue weighted by Crippen LogP contribution is 2.29. The Kier molecular flexibility index (Phi) is 5.40. The van der Waals surface area contributed by atoms with E-state index in [1.54, 1.807) is 18.2 Å². The number of sulfonamides is 1. The summed E-state index contributed by atoms with van der Waals surface area (Å²) < 4.78 is 27.8. The number of carbonyl (C=O) groups is 1. The number of phenolic OH excluding ortho intramolecular Hbond substituents is 1. The Morgan fingerprint density at radius 2 is 1.84 bits per heavy atom. The fourth-order valence-electron chi connectivity index (χ4n) is 2.55. The van der Waals surface area contributed by atoms with Crippen LogP contribution in [0.1, 0.15) is 10.4 Å². The lowest BCUT2D eigenvalue weighted by molar-refractivity contribution is 0.0695. The number of nitrogens with zero attached hydrogens (tertiary/aromatic N) is 2. The van der Waals surface area contributed by atoms with Gasteiger partial charge in [0.2, 0.25) is 0 Å². The number of piperazine rings is 1. The van der Waals surface area contributed by atoms with E-state index >= 15 is 0 Å². The van der Waals surface area contributed by atoms with Gasteiger partial charge in [0.05, 0.1) is 9.90 Å². The van der Waals surface area contributed by atoms with Gasteiger partial charge >= 0.3 is 0 Å². The third-order valence-corrected chi connectivity index (χ3v) is 7.95. The Bertz CT molecular complexity index is 908. The third-order valence-electron chi connectivity index (χ3n) is 3.86. The zero-order valence-corrected chi connectivity index (χ0v) is 16.8. The van der Waals surface area contributed by atoms with Crippen LogP contribution in [0.15, 0.2) is 39.0 Å². The molecule has 1 aliphatic heterocycles. The summed E-state index contributed by atoms with van der Waals surface area (Å²) in [6.45, 7) is 0.892. The molecular weight excluding hydrogens is 452 g/mol. The SMILES string of the molecule is O=C(c1cc(Br)ccc1O)N1CCN(S(=O)(=O)c2ccc(Cl)s2)CC1. The zero-order valence-electron chi connectivity index (χ0n) is 12.9. The predicted molar refractivity (Wildman–Crippen MR) is 99.8 cm³/mol. The van der Waals surface area contributed by atoms with E-state index in [9.17, 15) is 18.3 Å². The first kappa shape index (κ1) is 18.7. The van der Waals surface area contributed by atoms with E-state index in [1.165, 1.54) is 21.3 Å². The monoisotopic (exact) mass is 464 g/mol. The zero-order chi connectivity index (χ0) is 18.2. The van der Waals surface area contributed by atoms with Gasteiger partial charge in [0.15, 0.2) is 0 Å². The minimum Gasteiger partial charge on any atom is -0.507 e. The molecular formula is C15H14BrClN2O4S2. The maximum absolute atomic E-state index is 12.6. The molecule has 1 amide bonds. The van der Waals surface area contributed by atoms with E-state index in [0.29, 0.717) is 8.81 Å². The minimum absolute atomic E-state index is 0.100. The minimum atomic E-state index is -3.60. The Morgan fingerprint density at radius 3 is 2.44 bits per heavy atom. The Morgan fingerprint density at radius 1 is 1.16 bits per heavy atom. The van der Waals surface area contributed by atoms with Crippen LogP contribution in [-0.4, -0.2) is 54.8 Å². The van der Waals surface area contributed by atoms with Gasteiger partial charge in [-0.3, -0.25) is 4.79 Å². The van der Waals surface area contributed by atoms with Crippen molar-refractivity contribution < 1.29 is 18.3 Å². The normalized spacial score (nSPS) is 16.2. The number of aromatic hydroxyl groups is 1. The van der Waals surface area contributed by atoms with Crippen molar-refractivity contribution in [3.05, 3.63) is 44.7 Å². The highest BCUT2D eigenvalue weighted by Gasteiger charge is 2.32. The van der Waals surface area contributed by atoms with Crippen molar-refractivity contribution in [2.45, 2.75) is 4.21 Å². The molecule has 1 fully saturated rings. The molecule has 6 nitrogen and oxygen atoms in total. The van der Waals surface area contributed by atoms with Gasteiger partial charge in [0.25, 0.3) is 15.9 Å². The highest BCUT2D eigenvalue weighted by molar-refractivity contribution is 9.10. The van der Waals surface area contributed by atoms with E-state index in [0.717, 1.165) is 11.3 Å². The molecule has 1 aromatic carbocycles. The summed E-state index contributed by atoms with van der Waals surface area (Å²) >= 11 is 10.1. The summed E-state index contributed by atoms with van der Waals surface area (Å²) in [7, 11) is -3.60. The summed E-state index contributed by atoms with van der Waals surface area (Å²) in [5.41, 5.74) is 0.190. The molecule has 0 saturated carbocycles. The van der Waals surface area contributed by atoms with Gasteiger partial charge in [-0.2, -0.15) is 4.31 Å². The average Bonchev–Trinajstić information content (AvgIpc) is 3.04. The molecule has 134 valence electrons. The maximum Gasteiger partial charge on any atom is 0.257 e. The van der Waals surface area contributed by atoms with E-state index in [4.69, 9.17) is 11.6 Å². The first-order valence-corrected chi connectivity index (χ1v) is 10.7. The van der Waals surface area contributed by atoms with E-state index in [-0.39, 0.29) is 47.6 Å². The molecule has 0 atom stereocenters. The summed E-state index contributed by atoms with van der Waals surface area (Å²) in [4.78, 5) is 14.1. The van der Waals surface area contributed by atoms with Gasteiger partial charge in [0, 0.05) is 30.7 Å². The van der Waals surface area contributed by atoms with Gasteiger partial charge in [-0.15, -0.1) is 11.3 Å². The lowest BCUT2D eigenvalue weighted by atomic mass is 10.1. The Balaban J connectivity index is 1.71. The molecule has 0 bridgehead atoms. The predicted octanol–water partition coefficient (Wildman–Crippen LogP) is 3.02. The molecule has 1 aliphatic rings. The molecule has 0 aliphatic carbocycles. The number of rotatable bonds is 3. The fourth-order valence-corrected chi connectivity index (χ4v) is 5.97. The number of carbonyl (C=O) groups excluding carboxylic acids is 1. The topological polar surface area (TPSA) is 77.9 Å². The van der Waals surface area contributed by atoms with Crippen LogP contribution in [0.4, 0.5) is 0 Å². The quantitative estimate of drug-likeness (QED) is 0.756. The van der Waals surface area contributed by atoms with Gasteiger partial charge in [-0.25, -0.2) is 8.42 Å². The number of phenols is 1. The van der Waals surface area contributed by atoms with Crippen LogP contribution in [-0.2, 0) is 10.0 Å². The molecule has 0 unspecified atom stereocenters. The van der Waals surface area contributed by atoms with Crippen LogP contribution in [0.2, 0.25) is 4.34 Å². The lowest BCUT2D eigenvalue weighted by Gasteiger charge is -2.33. The molecule has 3 rings (SSSR count). The number of thiophene rings is 1. The van der Waals surface area contributed by atoms with Crippen LogP contribution in [0.25, 0.3) is 0 Å². The standard InChI is InChI=1S/C15H14BrClN2O4S2/c16-10-1-2-12(20)11(9-10)15(21)18-5-7-19(8-6-18)25(22,23)14-4-3-13(17)24-14/h1-4,9,20H,5-8H2. The molecule has 10 heteroatoms. The van der Waals surface area contributed by atoms with E-state index in [1.807, 2.05) is 0 Å². The van der Waals surface area contributed by atoms with Crippen molar-refractivity contribution in [1.29, 1.82) is 0 Å². The number of hydrogen-bond acceptors (Lipinski definition) is 5. The van der Waals surface area contributed by atoms with Gasteiger partial charge < -0.3 is 10.0 Å². The second kappa shape index (κ2) is 7.24. The van der Waals surface area contributed by atoms with Crippen molar-refractivity contribution >= 4 is 54.8 Å². The number of benzene rings is 1. The molecule has 0 spiro atoms. The molecule has 1 N–H and O–H groups in total. The molecule has 1 saturated heterocycles. The summed E-state index contributed by atoms with van der Waals surface area (Å²) in [6, 6.07) is 7.67. The summed E-state index contributed by atoms with van der Waals surface area (Å²) in [5.74, 6) is -0.425. The molecule has 25 heavy (non-hydrogen) atoms. The number of hydrogen-bond donors (Lipinski definition) is 1. The Hall–Kier alpha value is -1.13. The maximum atomic E-state index is 12.6. The highest BCUT2D eigenvalue weighted by atomic mass is 79.9. The third kappa shape index (κ3) is 3.85. The lowest BCUT2D eigenvalue weighted by Crippen LogP contribution is -2.50. The number of amides is 1. The van der Waals surface area contributed by atoms with Gasteiger partial charge in [-0.1, -0.05) is 27.5 Å². The smallest absolute Gasteiger partial charge is 0.257 e. The van der Waals surface area contributed by atoms with Crippen LogP contribution in [0.3, 0.4) is 0 Å². The molecule has 0 radical (unpaired) electrons. The first-order valence-electron chi connectivity index (χ1n) is 7.32. The summed E-state index contributed by atoms with van der Waals surface area (Å²) in [5, 5.41) is 9.88. The van der Waals surface area contributed by atoms with Crippen molar-refractivity contribution in [3.63, 3.8) is 0 Å². The second-order valence-electron chi connectivity index (χ2n) is 5.42. The van der Waals surface area contributed by atoms with Gasteiger partial charge in [-0.05, 0) is 30.3 Å². The fraction of sp³-hybridized carbons (Fsp3) is 0.267. The van der Waals surface area contributed by atoms with E-state index < -0.39 is 10.0 Å². The molecule has 1 aromatic heterocycles. The van der Waals surface area contributed by atoms with Crippen molar-refractivity contribution in [2.24, 2.45) is 0 Å². The van der Waals surface area contributed by atoms with Crippen LogP contribution in [0.5, 0.6) is 5.75 Å². The van der Waals surface area contributed by atoms with E-state index in [2.05, 4.69) is 15.9 Å². The number of halogens is 2. The second-order valence-corrected chi connectivity index (χ2v) is 10.2. The molecule has 2 aromatic rings. The first-order chi connectivity index (χ1) is 11.8. The van der Waals surface area contributed by atoms with Crippen molar-refractivity contribution in [1.82, 2.24) is 9.21 Å². The summed E-state index contributed by atoms with van der Waals surface area (Å²) in [6.07, 6.45) is 0. The van der Waals surface area contributed by atoms with Crippen molar-refractivity contribution in [2.75, 3.05) is 26.2 Å². The van der Waals surface area contributed by atoms with Crippen LogP contribution in [0, 0.1) is 0 Å². The average molecular weight is 466 g/mol. The molecule has 2 heterocycles. The largest absolute Gasteiger partial charge is 0.507 e.